The normalized spacial score (nSPS) is 20.9. The maximum Gasteiger partial charge on any atom is 0.416 e. The number of hydrogen-bond acceptors (Lipinski definition) is 16. The van der Waals surface area contributed by atoms with Crippen LogP contribution in [0, 0.1) is 4.91 Å². The standard InChI is InChI=1S/C23H30F3N5O.C10H19N3O3.C10H12N2O.C8H18N2O3/c1-14(2)30(3)16-5-7-17(8-6-16)31-11-10-20(22(31)32)29-21-18-12-15(23(24,25)26)4-9-19(18)27-13-28-21;1-12(11-15)5-7-16-8-6-13-4-2-3-10(13)9-14;1-12-9(4-5-10(12)13)8-3-2-6-11-7-8;1-10-3-5-13-7-6-12-4-2-8(9)11/h4,9,12-14,16-17,20H,5-8,10-11H2,1-3H3,(H,27,28,29);9-10H,2-8H2,1H3;2-3,6-7,9H,4-5H2,1H3;10H,2-7H2,1H3,(H2,9,11). The number of likely N-dealkylation sites (tertiary alicyclic amines) is 3. The zero-order valence-corrected chi connectivity index (χ0v) is 44.0. The molecule has 0 bridgehead atoms. The molecule has 3 aliphatic heterocycles. The largest absolute Gasteiger partial charge is 0.416 e. The molecule has 0 spiro atoms. The van der Waals surface area contributed by atoms with Crippen LogP contribution in [0.2, 0.25) is 0 Å². The van der Waals surface area contributed by atoms with E-state index in [1.807, 2.05) is 37.3 Å². The second-order valence-corrected chi connectivity index (χ2v) is 19.0. The molecule has 1 saturated carbocycles. The summed E-state index contributed by atoms with van der Waals surface area (Å²) in [6.45, 7) is 11.3. The van der Waals surface area contributed by atoms with Crippen LogP contribution in [-0.2, 0) is 39.6 Å². The molecule has 4 fully saturated rings. The molecule has 23 heteroatoms. The van der Waals surface area contributed by atoms with E-state index in [0.717, 1.165) is 88.6 Å². The Bertz CT molecular complexity index is 2160. The molecule has 1 aliphatic carbocycles. The average Bonchev–Trinajstić information content (AvgIpc) is 4.11. The van der Waals surface area contributed by atoms with E-state index in [0.29, 0.717) is 83.2 Å². The number of carbonyl (C=O) groups excluding carboxylic acids is 4. The summed E-state index contributed by atoms with van der Waals surface area (Å²) in [6, 6.07) is 8.41. The zero-order valence-electron chi connectivity index (χ0n) is 44.0. The van der Waals surface area contributed by atoms with E-state index in [1.54, 1.807) is 18.1 Å². The van der Waals surface area contributed by atoms with Crippen molar-refractivity contribution >= 4 is 40.7 Å². The SMILES string of the molecule is CC(C)N(C)C1CCC(N2CCC(Nc3ncnc4ccc(C(F)(F)F)cc34)C2=O)CC1.CN(CCOCCN1CCCC1C=O)N=O.CN1C(=O)CCC1c1cccnc1.CNCCOCCOCCC(N)=O. The predicted octanol–water partition coefficient (Wildman–Crippen LogP) is 5.08. The summed E-state index contributed by atoms with van der Waals surface area (Å²) in [5, 5.41) is 10.4. The number of carbonyl (C=O) groups is 4. The lowest BCUT2D eigenvalue weighted by Gasteiger charge is -2.39. The lowest BCUT2D eigenvalue weighted by Crippen LogP contribution is -2.46. The van der Waals surface area contributed by atoms with Crippen LogP contribution in [0.5, 0.6) is 0 Å². The Balaban J connectivity index is 0.000000236. The van der Waals surface area contributed by atoms with Gasteiger partial charge in [0.2, 0.25) is 17.7 Å². The molecular weight excluding hydrogens is 966 g/mol. The van der Waals surface area contributed by atoms with Gasteiger partial charge in [0, 0.05) is 82.5 Å². The Hall–Kier alpha value is -5.46. The average molecular weight is 1050 g/mol. The van der Waals surface area contributed by atoms with Crippen molar-refractivity contribution < 1.29 is 46.6 Å². The number of rotatable bonds is 23. The molecular formula is C51H79F3N12O8. The molecule has 0 radical (unpaired) electrons. The van der Waals surface area contributed by atoms with Crippen molar-refractivity contribution in [3.05, 3.63) is 65.1 Å². The summed E-state index contributed by atoms with van der Waals surface area (Å²) < 4.78 is 55.1. The van der Waals surface area contributed by atoms with Gasteiger partial charge in [-0.15, -0.1) is 4.91 Å². The second kappa shape index (κ2) is 32.1. The van der Waals surface area contributed by atoms with Gasteiger partial charge in [-0.25, -0.2) is 9.97 Å². The van der Waals surface area contributed by atoms with E-state index in [9.17, 15) is 37.3 Å². The van der Waals surface area contributed by atoms with Gasteiger partial charge in [-0.2, -0.15) is 13.2 Å². The van der Waals surface area contributed by atoms with Crippen molar-refractivity contribution in [3.8, 4) is 0 Å². The van der Waals surface area contributed by atoms with Crippen LogP contribution < -0.4 is 16.4 Å². The monoisotopic (exact) mass is 1040 g/mol. The topological polar surface area (TPSA) is 230 Å². The molecule has 3 unspecified atom stereocenters. The highest BCUT2D eigenvalue weighted by molar-refractivity contribution is 5.93. The first-order valence-corrected chi connectivity index (χ1v) is 25.6. The number of fused-ring (bicyclic) bond motifs is 1. The van der Waals surface area contributed by atoms with Crippen molar-refractivity contribution in [1.29, 1.82) is 0 Å². The fraction of sp³-hybridized carbons (Fsp3) is 0.667. The maximum absolute atomic E-state index is 13.2. The lowest BCUT2D eigenvalue weighted by molar-refractivity contribution is -0.137. The van der Waals surface area contributed by atoms with Crippen LogP contribution in [0.25, 0.3) is 10.9 Å². The van der Waals surface area contributed by atoms with Gasteiger partial charge < -0.3 is 50.1 Å². The first-order valence-electron chi connectivity index (χ1n) is 25.6. The summed E-state index contributed by atoms with van der Waals surface area (Å²) >= 11 is 0. The summed E-state index contributed by atoms with van der Waals surface area (Å²) in [5.74, 6) is 0.165. The minimum Gasteiger partial charge on any atom is -0.379 e. The zero-order chi connectivity index (χ0) is 54.0. The van der Waals surface area contributed by atoms with Crippen LogP contribution in [-0.4, -0.2) is 194 Å². The number of pyridine rings is 1. The van der Waals surface area contributed by atoms with Crippen LogP contribution in [0.4, 0.5) is 19.0 Å². The Morgan fingerprint density at radius 3 is 2.31 bits per heavy atom. The summed E-state index contributed by atoms with van der Waals surface area (Å²) in [5.41, 5.74) is 5.70. The van der Waals surface area contributed by atoms with E-state index >= 15 is 0 Å². The number of nitrogens with one attached hydrogen (secondary N) is 2. The van der Waals surface area contributed by atoms with E-state index in [1.165, 1.54) is 17.4 Å². The van der Waals surface area contributed by atoms with Crippen molar-refractivity contribution in [1.82, 2.24) is 44.9 Å². The minimum atomic E-state index is -4.45. The molecule has 3 atom stereocenters. The number of hydrogen-bond donors (Lipinski definition) is 3. The van der Waals surface area contributed by atoms with Gasteiger partial charge >= 0.3 is 6.18 Å². The van der Waals surface area contributed by atoms with Crippen LogP contribution in [0.1, 0.15) is 95.2 Å². The van der Waals surface area contributed by atoms with Crippen molar-refractivity contribution in [2.45, 2.75) is 120 Å². The van der Waals surface area contributed by atoms with Gasteiger partial charge in [-0.05, 0) is 116 Å². The van der Waals surface area contributed by atoms with Crippen LogP contribution in [0.3, 0.4) is 0 Å². The number of likely N-dealkylation sites (N-methyl/N-ethyl adjacent to an activating group) is 2. The van der Waals surface area contributed by atoms with Crippen molar-refractivity contribution in [2.75, 3.05) is 106 Å². The number of primary amides is 1. The van der Waals surface area contributed by atoms with Crippen molar-refractivity contribution in [2.24, 2.45) is 11.0 Å². The number of aromatic nitrogens is 3. The molecule has 74 heavy (non-hydrogen) atoms. The maximum atomic E-state index is 13.2. The lowest BCUT2D eigenvalue weighted by atomic mass is 9.89. The highest BCUT2D eigenvalue weighted by Crippen LogP contribution is 2.35. The molecule has 7 rings (SSSR count). The van der Waals surface area contributed by atoms with Crippen LogP contribution >= 0.6 is 0 Å². The molecule has 1 aromatic carbocycles. The van der Waals surface area contributed by atoms with Crippen LogP contribution in [0.15, 0.2) is 54.3 Å². The third kappa shape index (κ3) is 20.0. The number of anilines is 1. The predicted molar refractivity (Wildman–Crippen MR) is 275 cm³/mol. The van der Waals surface area contributed by atoms with Crippen molar-refractivity contribution in [3.63, 3.8) is 0 Å². The number of aldehydes is 1. The smallest absolute Gasteiger partial charge is 0.379 e. The van der Waals surface area contributed by atoms with E-state index < -0.39 is 17.8 Å². The van der Waals surface area contributed by atoms with Gasteiger partial charge in [0.05, 0.1) is 74.6 Å². The number of ether oxygens (including phenoxy) is 3. The molecule has 3 amide bonds. The molecule has 2 aromatic heterocycles. The summed E-state index contributed by atoms with van der Waals surface area (Å²) in [6.07, 6.45) is 10.0. The van der Waals surface area contributed by atoms with Gasteiger partial charge in [0.15, 0.2) is 0 Å². The van der Waals surface area contributed by atoms with Gasteiger partial charge in [0.1, 0.15) is 24.5 Å². The fourth-order valence-electron chi connectivity index (χ4n) is 9.15. The van der Waals surface area contributed by atoms with Gasteiger partial charge in [-0.1, -0.05) is 6.07 Å². The molecule has 3 aromatic rings. The number of benzene rings is 1. The highest BCUT2D eigenvalue weighted by atomic mass is 19.4. The molecule has 412 valence electrons. The first-order chi connectivity index (χ1) is 35.5. The van der Waals surface area contributed by atoms with E-state index in [2.05, 4.69) is 61.6 Å². The number of alkyl halides is 3. The molecule has 20 nitrogen and oxygen atoms in total. The van der Waals surface area contributed by atoms with Gasteiger partial charge in [-0.3, -0.25) is 29.3 Å². The summed E-state index contributed by atoms with van der Waals surface area (Å²) in [4.78, 5) is 75.9. The molecule has 4 aliphatic rings. The third-order valence-electron chi connectivity index (χ3n) is 13.7. The van der Waals surface area contributed by atoms with E-state index in [4.69, 9.17) is 19.9 Å². The van der Waals surface area contributed by atoms with Gasteiger partial charge in [0.25, 0.3) is 0 Å². The Kier molecular flexibility index (Phi) is 26.5. The fourth-order valence-corrected chi connectivity index (χ4v) is 9.15. The van der Waals surface area contributed by atoms with E-state index in [-0.39, 0.29) is 53.5 Å². The molecule has 4 N–H and O–H groups in total. The number of halogens is 3. The second-order valence-electron chi connectivity index (χ2n) is 19.0. The number of nitroso groups, excluding NO2 is 1. The highest BCUT2D eigenvalue weighted by Gasteiger charge is 2.39. The Labute approximate surface area is 433 Å². The number of nitrogens with two attached hydrogens (primary N) is 1. The molecule has 5 heterocycles. The summed E-state index contributed by atoms with van der Waals surface area (Å²) in [7, 11) is 7.49. The Morgan fingerprint density at radius 1 is 0.959 bits per heavy atom. The third-order valence-corrected chi connectivity index (χ3v) is 13.7. The molecule has 3 saturated heterocycles. The minimum absolute atomic E-state index is 0.00408. The first kappa shape index (κ1) is 61.1. The number of nitrogens with zero attached hydrogens (tertiary/aromatic N) is 9. The quantitative estimate of drug-likeness (QED) is 0.0487. The number of amides is 3. The Morgan fingerprint density at radius 2 is 1.69 bits per heavy atom.